The molecule has 2 aromatic carbocycles. The predicted octanol–water partition coefficient (Wildman–Crippen LogP) is 4.01. The molecule has 1 unspecified atom stereocenters. The number of carbonyl (C=O) groups excluding carboxylic acids is 1. The number of amides is 1. The van der Waals surface area contributed by atoms with Gasteiger partial charge in [-0.1, -0.05) is 19.1 Å². The van der Waals surface area contributed by atoms with Gasteiger partial charge in [-0.3, -0.25) is 9.89 Å². The largest absolute Gasteiger partial charge is 0.497 e. The van der Waals surface area contributed by atoms with E-state index in [1.165, 1.54) is 16.7 Å². The van der Waals surface area contributed by atoms with E-state index in [1.807, 2.05) is 37.3 Å². The second-order valence-corrected chi connectivity index (χ2v) is 7.56. The van der Waals surface area contributed by atoms with Crippen molar-refractivity contribution in [2.45, 2.75) is 32.2 Å². The normalized spacial score (nSPS) is 13.3. The molecule has 30 heavy (non-hydrogen) atoms. The van der Waals surface area contributed by atoms with E-state index < -0.39 is 0 Å². The Bertz CT molecular complexity index is 1040. The van der Waals surface area contributed by atoms with E-state index in [0.717, 1.165) is 42.0 Å². The van der Waals surface area contributed by atoms with Gasteiger partial charge in [0.25, 0.3) is 5.91 Å². The van der Waals surface area contributed by atoms with Gasteiger partial charge in [-0.2, -0.15) is 5.10 Å². The lowest BCUT2D eigenvalue weighted by atomic mass is 9.87. The molecule has 1 amide bonds. The molecule has 6 heteroatoms. The summed E-state index contributed by atoms with van der Waals surface area (Å²) < 4.78 is 10.5. The Morgan fingerprint density at radius 1 is 1.17 bits per heavy atom. The summed E-state index contributed by atoms with van der Waals surface area (Å²) in [5.41, 5.74) is 7.32. The molecule has 1 atom stereocenters. The van der Waals surface area contributed by atoms with Crippen molar-refractivity contribution in [1.82, 2.24) is 15.5 Å². The van der Waals surface area contributed by atoms with Crippen molar-refractivity contribution in [3.05, 3.63) is 59.2 Å². The van der Waals surface area contributed by atoms with Gasteiger partial charge in [0.15, 0.2) is 0 Å². The highest BCUT2D eigenvalue weighted by Gasteiger charge is 2.23. The fourth-order valence-corrected chi connectivity index (χ4v) is 3.99. The first-order valence-corrected chi connectivity index (χ1v) is 10.3. The first kappa shape index (κ1) is 20.2. The van der Waals surface area contributed by atoms with Crippen LogP contribution in [0.4, 0.5) is 0 Å². The minimum atomic E-state index is -0.0858. The number of aromatic nitrogens is 2. The molecule has 1 heterocycles. The Hall–Kier alpha value is -3.12. The summed E-state index contributed by atoms with van der Waals surface area (Å²) in [7, 11) is 3.33. The lowest BCUT2D eigenvalue weighted by Gasteiger charge is -2.17. The van der Waals surface area contributed by atoms with Gasteiger partial charge in [0, 0.05) is 29.4 Å². The number of carbonyl (C=O) groups is 1. The molecule has 4 rings (SSSR count). The number of methoxy groups -OCH3 is 2. The minimum Gasteiger partial charge on any atom is -0.497 e. The fraction of sp³-hybridized carbons (Fsp3) is 0.333. The van der Waals surface area contributed by atoms with Crippen molar-refractivity contribution >= 4 is 5.91 Å². The molecule has 0 saturated carbocycles. The van der Waals surface area contributed by atoms with Gasteiger partial charge in [-0.25, -0.2) is 0 Å². The number of hydrogen-bond acceptors (Lipinski definition) is 4. The predicted molar refractivity (Wildman–Crippen MR) is 117 cm³/mol. The van der Waals surface area contributed by atoms with E-state index in [0.29, 0.717) is 12.2 Å². The van der Waals surface area contributed by atoms with E-state index >= 15 is 0 Å². The van der Waals surface area contributed by atoms with Crippen LogP contribution < -0.4 is 10.1 Å². The van der Waals surface area contributed by atoms with E-state index in [1.54, 1.807) is 14.2 Å². The van der Waals surface area contributed by atoms with Gasteiger partial charge in [0.2, 0.25) is 0 Å². The summed E-state index contributed by atoms with van der Waals surface area (Å²) >= 11 is 0. The van der Waals surface area contributed by atoms with Gasteiger partial charge in [0.1, 0.15) is 5.75 Å². The summed E-state index contributed by atoms with van der Waals surface area (Å²) in [6.07, 6.45) is 2.69. The Balaban J connectivity index is 1.56. The molecule has 1 aromatic heterocycles. The Labute approximate surface area is 176 Å². The van der Waals surface area contributed by atoms with Crippen molar-refractivity contribution < 1.29 is 14.3 Å². The minimum absolute atomic E-state index is 0.0132. The topological polar surface area (TPSA) is 76.2 Å². The third kappa shape index (κ3) is 3.83. The lowest BCUT2D eigenvalue weighted by Crippen LogP contribution is -2.37. The van der Waals surface area contributed by atoms with Gasteiger partial charge in [-0.05, 0) is 55.2 Å². The third-order valence-electron chi connectivity index (χ3n) is 5.71. The van der Waals surface area contributed by atoms with E-state index in [2.05, 4.69) is 27.6 Å². The first-order chi connectivity index (χ1) is 14.6. The second kappa shape index (κ2) is 8.71. The molecule has 6 nitrogen and oxygen atoms in total. The van der Waals surface area contributed by atoms with Crippen LogP contribution in [-0.4, -0.2) is 43.0 Å². The van der Waals surface area contributed by atoms with E-state index in [4.69, 9.17) is 9.47 Å². The highest BCUT2D eigenvalue weighted by atomic mass is 16.5. The van der Waals surface area contributed by atoms with Crippen LogP contribution in [0.2, 0.25) is 0 Å². The van der Waals surface area contributed by atoms with E-state index in [9.17, 15) is 4.79 Å². The molecule has 0 spiro atoms. The maximum atomic E-state index is 12.5. The molecule has 2 N–H and O–H groups in total. The monoisotopic (exact) mass is 405 g/mol. The zero-order valence-corrected chi connectivity index (χ0v) is 17.6. The van der Waals surface area contributed by atoms with Crippen LogP contribution in [0.1, 0.15) is 34.8 Å². The number of aromatic amines is 1. The molecule has 0 radical (unpaired) electrons. The quantitative estimate of drug-likeness (QED) is 0.623. The zero-order valence-electron chi connectivity index (χ0n) is 17.6. The average molecular weight is 405 g/mol. The molecule has 156 valence electrons. The lowest BCUT2D eigenvalue weighted by molar-refractivity contribution is 0.0894. The van der Waals surface area contributed by atoms with Gasteiger partial charge in [0.05, 0.1) is 31.1 Å². The number of ether oxygens (including phenoxy) is 2. The molecule has 1 aliphatic carbocycles. The Morgan fingerprint density at radius 3 is 2.67 bits per heavy atom. The van der Waals surface area contributed by atoms with Gasteiger partial charge in [-0.15, -0.1) is 0 Å². The molecule has 0 fully saturated rings. The van der Waals surface area contributed by atoms with Crippen LogP contribution in [0.25, 0.3) is 22.5 Å². The van der Waals surface area contributed by atoms with Crippen LogP contribution in [0.3, 0.4) is 0 Å². The molecular weight excluding hydrogens is 378 g/mol. The van der Waals surface area contributed by atoms with Crippen molar-refractivity contribution in [3.8, 4) is 28.3 Å². The number of aryl methyl sites for hydroxylation is 1. The maximum Gasteiger partial charge on any atom is 0.251 e. The SMILES string of the molecule is CCC(COC)NC(=O)c1ccc(-c2n[nH]c3c2CCc2cc(OC)ccc2-3)cc1. The number of benzene rings is 2. The molecule has 0 saturated heterocycles. The molecule has 0 aliphatic heterocycles. The fourth-order valence-electron chi connectivity index (χ4n) is 3.99. The van der Waals surface area contributed by atoms with Crippen LogP contribution in [-0.2, 0) is 17.6 Å². The second-order valence-electron chi connectivity index (χ2n) is 7.56. The van der Waals surface area contributed by atoms with Crippen LogP contribution in [0, 0.1) is 0 Å². The van der Waals surface area contributed by atoms with Gasteiger partial charge < -0.3 is 14.8 Å². The summed E-state index contributed by atoms with van der Waals surface area (Å²) in [6.45, 7) is 2.54. The van der Waals surface area contributed by atoms with Crippen LogP contribution in [0.5, 0.6) is 5.75 Å². The van der Waals surface area contributed by atoms with Crippen molar-refractivity contribution in [3.63, 3.8) is 0 Å². The highest BCUT2D eigenvalue weighted by molar-refractivity contribution is 5.95. The Morgan fingerprint density at radius 2 is 1.97 bits per heavy atom. The number of hydrogen-bond donors (Lipinski definition) is 2. The van der Waals surface area contributed by atoms with Crippen molar-refractivity contribution in [2.24, 2.45) is 0 Å². The first-order valence-electron chi connectivity index (χ1n) is 10.3. The number of fused-ring (bicyclic) bond motifs is 3. The van der Waals surface area contributed by atoms with Crippen molar-refractivity contribution in [1.29, 1.82) is 0 Å². The number of nitrogens with one attached hydrogen (secondary N) is 2. The van der Waals surface area contributed by atoms with E-state index in [-0.39, 0.29) is 11.9 Å². The third-order valence-corrected chi connectivity index (χ3v) is 5.71. The zero-order chi connectivity index (χ0) is 21.1. The average Bonchev–Trinajstić information content (AvgIpc) is 3.23. The van der Waals surface area contributed by atoms with Crippen molar-refractivity contribution in [2.75, 3.05) is 20.8 Å². The summed E-state index contributed by atoms with van der Waals surface area (Å²) in [6, 6.07) is 13.8. The standard InChI is InChI=1S/C24H27N3O3/c1-4-18(14-29-2)25-24(28)16-7-5-15(6-8-16)22-21-11-9-17-13-19(30-3)10-12-20(17)23(21)27-26-22/h5-8,10,12-13,18H,4,9,11,14H2,1-3H3,(H,25,28)(H,26,27). The maximum absolute atomic E-state index is 12.5. The smallest absolute Gasteiger partial charge is 0.251 e. The Kier molecular flexibility index (Phi) is 5.86. The highest BCUT2D eigenvalue weighted by Crippen LogP contribution is 2.38. The van der Waals surface area contributed by atoms with Gasteiger partial charge >= 0.3 is 0 Å². The number of H-pyrrole nitrogens is 1. The summed E-state index contributed by atoms with van der Waals surface area (Å²) in [5, 5.41) is 10.8. The van der Waals surface area contributed by atoms with Crippen LogP contribution in [0.15, 0.2) is 42.5 Å². The number of nitrogens with zero attached hydrogens (tertiary/aromatic N) is 1. The summed E-state index contributed by atoms with van der Waals surface area (Å²) in [4.78, 5) is 12.5. The molecular formula is C24H27N3O3. The molecule has 1 aliphatic rings. The molecule has 3 aromatic rings. The number of rotatable bonds is 7. The van der Waals surface area contributed by atoms with Crippen LogP contribution >= 0.6 is 0 Å². The summed E-state index contributed by atoms with van der Waals surface area (Å²) in [5.74, 6) is 0.791. The molecule has 0 bridgehead atoms.